The third kappa shape index (κ3) is 2.21. The van der Waals surface area contributed by atoms with E-state index < -0.39 is 12.3 Å². The average molecular weight is 230 g/mol. The van der Waals surface area contributed by atoms with Gasteiger partial charge in [-0.25, -0.2) is 0 Å². The fraction of sp³-hybridized carbons (Fsp3) is 0.500. The second-order valence-electron chi connectivity index (χ2n) is 4.24. The molecular formula is C12H13F3O. The van der Waals surface area contributed by atoms with Gasteiger partial charge in [0, 0.05) is 0 Å². The molecule has 0 unspecified atom stereocenters. The van der Waals surface area contributed by atoms with Gasteiger partial charge in [-0.15, -0.1) is 0 Å². The molecule has 1 aromatic rings. The molecule has 0 aromatic heterocycles. The maximum atomic E-state index is 12.3. The van der Waals surface area contributed by atoms with Gasteiger partial charge in [-0.05, 0) is 29.9 Å². The summed E-state index contributed by atoms with van der Waals surface area (Å²) < 4.78 is 36.9. The number of benzene rings is 1. The zero-order chi connectivity index (χ0) is 11.8. The van der Waals surface area contributed by atoms with Gasteiger partial charge in [-0.1, -0.05) is 30.7 Å². The van der Waals surface area contributed by atoms with Gasteiger partial charge in [0.2, 0.25) is 0 Å². The maximum Gasteiger partial charge on any atom is 0.418 e. The third-order valence-corrected chi connectivity index (χ3v) is 3.11. The minimum absolute atomic E-state index is 0.0584. The Kier molecular flexibility index (Phi) is 2.93. The van der Waals surface area contributed by atoms with Gasteiger partial charge in [0.1, 0.15) is 0 Å². The van der Waals surface area contributed by atoms with Crippen molar-refractivity contribution in [1.29, 1.82) is 0 Å². The van der Waals surface area contributed by atoms with Gasteiger partial charge in [0.05, 0.1) is 0 Å². The average Bonchev–Trinajstić information content (AvgIpc) is 2.13. The van der Waals surface area contributed by atoms with Crippen molar-refractivity contribution in [3.8, 4) is 0 Å². The lowest BCUT2D eigenvalue weighted by Gasteiger charge is -2.26. The Morgan fingerprint density at radius 3 is 2.44 bits per heavy atom. The van der Waals surface area contributed by atoms with Gasteiger partial charge >= 0.3 is 6.18 Å². The van der Waals surface area contributed by atoms with Crippen molar-refractivity contribution in [3.05, 3.63) is 35.4 Å². The number of aliphatic hydroxyl groups excluding tert-OH is 1. The molecule has 4 heteroatoms. The summed E-state index contributed by atoms with van der Waals surface area (Å²) in [5.74, 6) is 0.375. The largest absolute Gasteiger partial charge is 0.418 e. The Bertz CT molecular complexity index is 369. The Morgan fingerprint density at radius 1 is 1.25 bits per heavy atom. The second-order valence-corrected chi connectivity index (χ2v) is 4.24. The zero-order valence-electron chi connectivity index (χ0n) is 8.67. The van der Waals surface area contributed by atoms with Crippen LogP contribution in [0.5, 0.6) is 0 Å². The van der Waals surface area contributed by atoms with Crippen LogP contribution in [0.25, 0.3) is 0 Å². The highest BCUT2D eigenvalue weighted by Crippen LogP contribution is 2.38. The van der Waals surface area contributed by atoms with Gasteiger partial charge in [0.25, 0.3) is 0 Å². The second kappa shape index (κ2) is 4.09. The minimum atomic E-state index is -4.59. The lowest BCUT2D eigenvalue weighted by atomic mass is 9.79. The summed E-state index contributed by atoms with van der Waals surface area (Å²) in [6, 6.07) is 6.21. The normalized spacial score (nSPS) is 19.2. The number of rotatable bonds is 2. The first-order chi connectivity index (χ1) is 7.48. The molecule has 1 fully saturated rings. The molecule has 0 heterocycles. The molecule has 0 aliphatic heterocycles. The molecule has 1 saturated carbocycles. The molecule has 0 saturated heterocycles. The quantitative estimate of drug-likeness (QED) is 0.823. The van der Waals surface area contributed by atoms with E-state index in [1.165, 1.54) is 12.1 Å². The molecular weight excluding hydrogens is 217 g/mol. The summed E-state index contributed by atoms with van der Waals surface area (Å²) in [7, 11) is 0. The number of halogens is 3. The van der Waals surface area contributed by atoms with Crippen molar-refractivity contribution in [2.45, 2.75) is 37.5 Å². The number of alkyl halides is 3. The SMILES string of the molecule is O[C@@H](c1cccc(C2CCC2)c1)C(F)(F)F. The lowest BCUT2D eigenvalue weighted by Crippen LogP contribution is -2.20. The highest BCUT2D eigenvalue weighted by Gasteiger charge is 2.39. The van der Waals surface area contributed by atoms with Crippen LogP contribution in [0.4, 0.5) is 13.2 Å². The van der Waals surface area contributed by atoms with E-state index in [0.717, 1.165) is 24.8 Å². The summed E-state index contributed by atoms with van der Waals surface area (Å²) in [5, 5.41) is 9.13. The molecule has 1 aliphatic rings. The first-order valence-electron chi connectivity index (χ1n) is 5.33. The molecule has 0 amide bonds. The van der Waals surface area contributed by atoms with E-state index in [0.29, 0.717) is 5.92 Å². The van der Waals surface area contributed by atoms with E-state index in [2.05, 4.69) is 0 Å². The molecule has 16 heavy (non-hydrogen) atoms. The van der Waals surface area contributed by atoms with E-state index in [4.69, 9.17) is 5.11 Å². The molecule has 88 valence electrons. The molecule has 2 rings (SSSR count). The van der Waals surface area contributed by atoms with E-state index in [1.807, 2.05) is 6.07 Å². The van der Waals surface area contributed by atoms with Crippen LogP contribution >= 0.6 is 0 Å². The fourth-order valence-electron chi connectivity index (χ4n) is 1.91. The molecule has 0 bridgehead atoms. The van der Waals surface area contributed by atoms with Crippen molar-refractivity contribution >= 4 is 0 Å². The van der Waals surface area contributed by atoms with Gasteiger partial charge in [-0.2, -0.15) is 13.2 Å². The first-order valence-corrected chi connectivity index (χ1v) is 5.33. The first kappa shape index (κ1) is 11.5. The van der Waals surface area contributed by atoms with Crippen LogP contribution in [0.3, 0.4) is 0 Å². The highest BCUT2D eigenvalue weighted by molar-refractivity contribution is 5.29. The van der Waals surface area contributed by atoms with E-state index in [-0.39, 0.29) is 5.56 Å². The smallest absolute Gasteiger partial charge is 0.379 e. The van der Waals surface area contributed by atoms with Crippen LogP contribution in [-0.2, 0) is 0 Å². The Labute approximate surface area is 91.9 Å². The van der Waals surface area contributed by atoms with Gasteiger partial charge in [0.15, 0.2) is 6.10 Å². The minimum Gasteiger partial charge on any atom is -0.379 e. The molecule has 0 spiro atoms. The van der Waals surface area contributed by atoms with Crippen LogP contribution in [0, 0.1) is 0 Å². The van der Waals surface area contributed by atoms with Crippen LogP contribution in [0.1, 0.15) is 42.4 Å². The fourth-order valence-corrected chi connectivity index (χ4v) is 1.91. The van der Waals surface area contributed by atoms with Crippen LogP contribution < -0.4 is 0 Å². The summed E-state index contributed by atoms with van der Waals surface area (Å²) in [5.41, 5.74) is 0.851. The molecule has 1 aliphatic carbocycles. The van der Waals surface area contributed by atoms with E-state index in [1.54, 1.807) is 6.07 Å². The highest BCUT2D eigenvalue weighted by atomic mass is 19.4. The molecule has 1 N–H and O–H groups in total. The third-order valence-electron chi connectivity index (χ3n) is 3.11. The van der Waals surface area contributed by atoms with E-state index in [9.17, 15) is 13.2 Å². The number of hydrogen-bond acceptors (Lipinski definition) is 1. The summed E-state index contributed by atoms with van der Waals surface area (Å²) >= 11 is 0. The monoisotopic (exact) mass is 230 g/mol. The van der Waals surface area contributed by atoms with E-state index >= 15 is 0 Å². The van der Waals surface area contributed by atoms with Crippen molar-refractivity contribution in [3.63, 3.8) is 0 Å². The van der Waals surface area contributed by atoms with Crippen molar-refractivity contribution in [2.24, 2.45) is 0 Å². The molecule has 1 aromatic carbocycles. The zero-order valence-corrected chi connectivity index (χ0v) is 8.67. The Morgan fingerprint density at radius 2 is 1.94 bits per heavy atom. The van der Waals surface area contributed by atoms with Crippen LogP contribution in [0.2, 0.25) is 0 Å². The van der Waals surface area contributed by atoms with Crippen molar-refractivity contribution < 1.29 is 18.3 Å². The topological polar surface area (TPSA) is 20.2 Å². The predicted molar refractivity (Wildman–Crippen MR) is 54.0 cm³/mol. The Hall–Kier alpha value is -1.03. The van der Waals surface area contributed by atoms with Gasteiger partial charge in [-0.3, -0.25) is 0 Å². The van der Waals surface area contributed by atoms with Crippen LogP contribution in [-0.4, -0.2) is 11.3 Å². The van der Waals surface area contributed by atoms with Crippen LogP contribution in [0.15, 0.2) is 24.3 Å². The molecule has 0 radical (unpaired) electrons. The lowest BCUT2D eigenvalue weighted by molar-refractivity contribution is -0.206. The van der Waals surface area contributed by atoms with Crippen molar-refractivity contribution in [2.75, 3.05) is 0 Å². The van der Waals surface area contributed by atoms with Gasteiger partial charge < -0.3 is 5.11 Å². The molecule has 1 atom stereocenters. The van der Waals surface area contributed by atoms with Crippen molar-refractivity contribution in [1.82, 2.24) is 0 Å². The summed E-state index contributed by atoms with van der Waals surface area (Å²) in [4.78, 5) is 0. The summed E-state index contributed by atoms with van der Waals surface area (Å²) in [6.45, 7) is 0. The maximum absolute atomic E-state index is 12.3. The molecule has 1 nitrogen and oxygen atoms in total. The standard InChI is InChI=1S/C12H13F3O/c13-12(14,15)11(16)10-6-2-5-9(7-10)8-3-1-4-8/h2,5-8,11,16H,1,3-4H2/t11-/m0/s1. The number of hydrogen-bond donors (Lipinski definition) is 1. The predicted octanol–water partition coefficient (Wildman–Crippen LogP) is 3.55. The number of aliphatic hydroxyl groups is 1. The Balaban J connectivity index is 2.21. The summed E-state index contributed by atoms with van der Waals surface area (Å²) in [6.07, 6.45) is -3.75.